The molecule has 0 unspecified atom stereocenters. The number of imide groups is 1. The lowest BCUT2D eigenvalue weighted by Gasteiger charge is -2.12. The topological polar surface area (TPSA) is 50.5 Å². The summed E-state index contributed by atoms with van der Waals surface area (Å²) >= 11 is 7.12. The molecule has 1 aliphatic rings. The summed E-state index contributed by atoms with van der Waals surface area (Å²) < 4.78 is 5.81. The van der Waals surface area contributed by atoms with E-state index >= 15 is 0 Å². The minimum absolute atomic E-state index is 0.255. The summed E-state index contributed by atoms with van der Waals surface area (Å²) in [5.74, 6) is 0.790. The van der Waals surface area contributed by atoms with E-state index in [1.807, 2.05) is 49.4 Å². The van der Waals surface area contributed by atoms with Gasteiger partial charge in [-0.1, -0.05) is 53.6 Å². The normalized spacial score (nSPS) is 15.6. The van der Waals surface area contributed by atoms with Crippen LogP contribution in [0.4, 0.5) is 4.79 Å². The molecule has 2 amide bonds. The molecule has 2 heterocycles. The largest absolute Gasteiger partial charge is 0.457 e. The molecule has 1 saturated heterocycles. The third kappa shape index (κ3) is 3.77. The lowest BCUT2D eigenvalue weighted by atomic mass is 10.1. The highest BCUT2D eigenvalue weighted by Gasteiger charge is 2.35. The summed E-state index contributed by atoms with van der Waals surface area (Å²) in [6.45, 7) is 2.25. The molecule has 4 rings (SSSR count). The van der Waals surface area contributed by atoms with Gasteiger partial charge in [-0.25, -0.2) is 0 Å². The zero-order chi connectivity index (χ0) is 19.7. The van der Waals surface area contributed by atoms with Gasteiger partial charge < -0.3 is 4.42 Å². The van der Waals surface area contributed by atoms with Crippen LogP contribution in [-0.4, -0.2) is 16.0 Å². The number of thioether (sulfide) groups is 1. The number of nitrogens with zero attached hydrogens (tertiary/aromatic N) is 1. The van der Waals surface area contributed by atoms with Gasteiger partial charge in [-0.2, -0.15) is 0 Å². The number of hydrogen-bond acceptors (Lipinski definition) is 4. The Morgan fingerprint density at radius 1 is 1.04 bits per heavy atom. The molecule has 0 spiro atoms. The Labute approximate surface area is 171 Å². The van der Waals surface area contributed by atoms with Crippen LogP contribution < -0.4 is 0 Å². The van der Waals surface area contributed by atoms with Gasteiger partial charge in [-0.05, 0) is 48.5 Å². The molecule has 0 aliphatic carbocycles. The van der Waals surface area contributed by atoms with Gasteiger partial charge >= 0.3 is 0 Å². The first-order valence-corrected chi connectivity index (χ1v) is 9.86. The average molecular weight is 410 g/mol. The molecule has 2 aromatic carbocycles. The Hall–Kier alpha value is -2.76. The first-order valence-electron chi connectivity index (χ1n) is 8.67. The molecule has 0 saturated carbocycles. The second-order valence-corrected chi connectivity index (χ2v) is 7.84. The summed E-state index contributed by atoms with van der Waals surface area (Å²) in [5, 5.41) is 0.302. The number of halogens is 1. The molecule has 140 valence electrons. The molecule has 1 aromatic heterocycles. The lowest BCUT2D eigenvalue weighted by Crippen LogP contribution is -2.27. The van der Waals surface area contributed by atoms with Crippen molar-refractivity contribution in [2.75, 3.05) is 0 Å². The van der Waals surface area contributed by atoms with E-state index in [0.717, 1.165) is 28.5 Å². The number of rotatable bonds is 4. The molecular formula is C22H16ClNO3S. The fourth-order valence-corrected chi connectivity index (χ4v) is 3.92. The van der Waals surface area contributed by atoms with E-state index in [0.29, 0.717) is 21.4 Å². The van der Waals surface area contributed by atoms with Crippen LogP contribution in [-0.2, 0) is 11.3 Å². The van der Waals surface area contributed by atoms with Gasteiger partial charge in [0.15, 0.2) is 0 Å². The first kappa shape index (κ1) is 18.6. The van der Waals surface area contributed by atoms with Crippen molar-refractivity contribution in [3.63, 3.8) is 0 Å². The monoisotopic (exact) mass is 409 g/mol. The molecule has 6 heteroatoms. The summed E-state index contributed by atoms with van der Waals surface area (Å²) in [5.41, 5.74) is 2.81. The van der Waals surface area contributed by atoms with E-state index in [-0.39, 0.29) is 17.7 Å². The van der Waals surface area contributed by atoms with Crippen LogP contribution in [0.3, 0.4) is 0 Å². The predicted octanol–water partition coefficient (Wildman–Crippen LogP) is 6.14. The van der Waals surface area contributed by atoms with Gasteiger partial charge in [0.2, 0.25) is 0 Å². The van der Waals surface area contributed by atoms with Crippen molar-refractivity contribution >= 4 is 40.6 Å². The van der Waals surface area contributed by atoms with Crippen molar-refractivity contribution in [2.24, 2.45) is 0 Å². The highest BCUT2D eigenvalue weighted by molar-refractivity contribution is 8.18. The van der Waals surface area contributed by atoms with Crippen molar-refractivity contribution < 1.29 is 14.0 Å². The van der Waals surface area contributed by atoms with E-state index in [9.17, 15) is 9.59 Å². The molecule has 3 aromatic rings. The lowest BCUT2D eigenvalue weighted by molar-refractivity contribution is -0.123. The molecule has 1 aliphatic heterocycles. The van der Waals surface area contributed by atoms with Crippen molar-refractivity contribution in [1.82, 2.24) is 4.90 Å². The Kier molecular flexibility index (Phi) is 5.11. The van der Waals surface area contributed by atoms with Crippen LogP contribution in [0.5, 0.6) is 0 Å². The zero-order valence-electron chi connectivity index (χ0n) is 15.0. The molecular weight excluding hydrogens is 394 g/mol. The van der Waals surface area contributed by atoms with Gasteiger partial charge in [-0.15, -0.1) is 0 Å². The van der Waals surface area contributed by atoms with Crippen molar-refractivity contribution in [3.05, 3.63) is 87.5 Å². The van der Waals surface area contributed by atoms with E-state index in [1.54, 1.807) is 24.3 Å². The van der Waals surface area contributed by atoms with Crippen LogP contribution in [0, 0.1) is 6.92 Å². The van der Waals surface area contributed by atoms with Crippen molar-refractivity contribution in [1.29, 1.82) is 0 Å². The second-order valence-electron chi connectivity index (χ2n) is 6.44. The molecule has 0 atom stereocenters. The number of carbonyl (C=O) groups is 2. The maximum absolute atomic E-state index is 12.7. The summed E-state index contributed by atoms with van der Waals surface area (Å²) in [6, 6.07) is 18.7. The number of amides is 2. The standard InChI is InChI=1S/C22H16ClNO3S/c1-14-6-8-15(9-7-14)13-24-21(25)20(28-22(24)26)12-16-10-11-19(27-16)17-4-2-3-5-18(17)23/h2-12H,13H2,1H3/b20-12-. The molecule has 4 nitrogen and oxygen atoms in total. The highest BCUT2D eigenvalue weighted by atomic mass is 35.5. The molecule has 0 bridgehead atoms. The minimum Gasteiger partial charge on any atom is -0.457 e. The Morgan fingerprint density at radius 3 is 2.54 bits per heavy atom. The second kappa shape index (κ2) is 7.70. The van der Waals surface area contributed by atoms with Gasteiger partial charge in [0, 0.05) is 11.6 Å². The number of hydrogen-bond donors (Lipinski definition) is 0. The number of furan rings is 1. The third-order valence-electron chi connectivity index (χ3n) is 4.37. The van der Waals surface area contributed by atoms with Gasteiger partial charge in [-0.3, -0.25) is 14.5 Å². The van der Waals surface area contributed by atoms with Gasteiger partial charge in [0.05, 0.1) is 16.5 Å². The van der Waals surface area contributed by atoms with E-state index < -0.39 is 0 Å². The summed E-state index contributed by atoms with van der Waals surface area (Å²) in [7, 11) is 0. The maximum atomic E-state index is 12.7. The number of benzene rings is 2. The first-order chi connectivity index (χ1) is 13.5. The quantitative estimate of drug-likeness (QED) is 0.485. The van der Waals surface area contributed by atoms with Crippen molar-refractivity contribution in [3.8, 4) is 11.3 Å². The van der Waals surface area contributed by atoms with E-state index in [1.165, 1.54) is 4.90 Å². The zero-order valence-corrected chi connectivity index (χ0v) is 16.6. The van der Waals surface area contributed by atoms with Crippen LogP contribution in [0.25, 0.3) is 17.4 Å². The SMILES string of the molecule is Cc1ccc(CN2C(=O)S/C(=C\c3ccc(-c4ccccc4Cl)o3)C2=O)cc1. The number of carbonyl (C=O) groups excluding carboxylic acids is 2. The molecule has 28 heavy (non-hydrogen) atoms. The predicted molar refractivity (Wildman–Crippen MR) is 112 cm³/mol. The third-order valence-corrected chi connectivity index (χ3v) is 5.61. The summed E-state index contributed by atoms with van der Waals surface area (Å²) in [6.07, 6.45) is 1.60. The van der Waals surface area contributed by atoms with E-state index in [4.69, 9.17) is 16.0 Å². The van der Waals surface area contributed by atoms with Crippen LogP contribution in [0.1, 0.15) is 16.9 Å². The van der Waals surface area contributed by atoms with Crippen molar-refractivity contribution in [2.45, 2.75) is 13.5 Å². The van der Waals surface area contributed by atoms with Gasteiger partial charge in [0.25, 0.3) is 11.1 Å². The average Bonchev–Trinajstić information content (AvgIpc) is 3.24. The smallest absolute Gasteiger partial charge is 0.293 e. The Bertz CT molecular complexity index is 1090. The van der Waals surface area contributed by atoms with Crippen LogP contribution >= 0.6 is 23.4 Å². The minimum atomic E-state index is -0.314. The van der Waals surface area contributed by atoms with Crippen LogP contribution in [0.2, 0.25) is 5.02 Å². The van der Waals surface area contributed by atoms with E-state index in [2.05, 4.69) is 0 Å². The molecule has 0 radical (unpaired) electrons. The fourth-order valence-electron chi connectivity index (χ4n) is 2.88. The summed E-state index contributed by atoms with van der Waals surface area (Å²) in [4.78, 5) is 26.6. The van der Waals surface area contributed by atoms with Gasteiger partial charge in [0.1, 0.15) is 11.5 Å². The Morgan fingerprint density at radius 2 is 1.79 bits per heavy atom. The molecule has 1 fully saturated rings. The molecule has 0 N–H and O–H groups in total. The number of aryl methyl sites for hydroxylation is 1. The maximum Gasteiger partial charge on any atom is 0.293 e. The Balaban J connectivity index is 1.54. The fraction of sp³-hybridized carbons (Fsp3) is 0.0909. The van der Waals surface area contributed by atoms with Crippen LogP contribution in [0.15, 0.2) is 70.0 Å². The highest BCUT2D eigenvalue weighted by Crippen LogP contribution is 2.35.